The van der Waals surface area contributed by atoms with Gasteiger partial charge in [0, 0.05) is 12.8 Å². The fourth-order valence-electron chi connectivity index (χ4n) is 2.44. The van der Waals surface area contributed by atoms with Crippen LogP contribution in [0, 0.1) is 0 Å². The Balaban J connectivity index is 1.97. The van der Waals surface area contributed by atoms with Crippen LogP contribution in [-0.2, 0) is 21.6 Å². The number of amides is 1. The highest BCUT2D eigenvalue weighted by molar-refractivity contribution is 5.94. The Morgan fingerprint density at radius 2 is 1.80 bits per heavy atom. The highest BCUT2D eigenvalue weighted by Crippen LogP contribution is 2.24. The second kappa shape index (κ2) is 8.17. The fraction of sp³-hybridized carbons (Fsp3) is 0.381. The van der Waals surface area contributed by atoms with Crippen LogP contribution >= 0.6 is 0 Å². The number of carbonyl (C=O) groups is 1. The van der Waals surface area contributed by atoms with Gasteiger partial charge in [0.1, 0.15) is 5.75 Å². The van der Waals surface area contributed by atoms with Crippen molar-refractivity contribution in [3.05, 3.63) is 59.7 Å². The van der Waals surface area contributed by atoms with Gasteiger partial charge in [-0.1, -0.05) is 45.0 Å². The second-order valence-electron chi connectivity index (χ2n) is 7.16. The lowest BCUT2D eigenvalue weighted by molar-refractivity contribution is -0.122. The van der Waals surface area contributed by atoms with E-state index in [0.29, 0.717) is 12.4 Å². The topological polar surface area (TPSA) is 47.6 Å². The van der Waals surface area contributed by atoms with Crippen LogP contribution in [0.4, 0.5) is 5.69 Å². The normalized spacial score (nSPS) is 12.5. The number of ether oxygens (including phenoxy) is 2. The van der Waals surface area contributed by atoms with Crippen molar-refractivity contribution in [1.29, 1.82) is 0 Å². The van der Waals surface area contributed by atoms with Gasteiger partial charge in [-0.3, -0.25) is 4.79 Å². The molecule has 0 aromatic heterocycles. The Morgan fingerprint density at radius 1 is 1.12 bits per heavy atom. The zero-order chi connectivity index (χ0) is 18.4. The largest absolute Gasteiger partial charge is 0.481 e. The maximum absolute atomic E-state index is 12.3. The second-order valence-corrected chi connectivity index (χ2v) is 7.16. The zero-order valence-electron chi connectivity index (χ0n) is 15.6. The molecule has 0 spiro atoms. The Bertz CT molecular complexity index is 702. The van der Waals surface area contributed by atoms with E-state index in [1.54, 1.807) is 14.0 Å². The Morgan fingerprint density at radius 3 is 2.40 bits per heavy atom. The predicted octanol–water partition coefficient (Wildman–Crippen LogP) is 4.54. The third-order valence-corrected chi connectivity index (χ3v) is 3.91. The summed E-state index contributed by atoms with van der Waals surface area (Å²) in [5.41, 5.74) is 3.06. The highest BCUT2D eigenvalue weighted by Gasteiger charge is 2.17. The molecule has 4 heteroatoms. The van der Waals surface area contributed by atoms with Crippen molar-refractivity contribution in [1.82, 2.24) is 0 Å². The minimum Gasteiger partial charge on any atom is -0.481 e. The molecule has 0 unspecified atom stereocenters. The first-order valence-electron chi connectivity index (χ1n) is 8.45. The molecule has 1 atom stereocenters. The molecule has 0 saturated heterocycles. The molecule has 0 aliphatic heterocycles. The van der Waals surface area contributed by atoms with Gasteiger partial charge in [0.25, 0.3) is 5.91 Å². The fourth-order valence-corrected chi connectivity index (χ4v) is 2.44. The van der Waals surface area contributed by atoms with Crippen molar-refractivity contribution in [2.75, 3.05) is 12.4 Å². The molecular weight excluding hydrogens is 314 g/mol. The standard InChI is InChI=1S/C21H27NO3/c1-15(25-19-11-9-17(10-12-19)21(2,3)4)20(23)22-18-8-6-7-16(13-18)14-24-5/h6-13,15H,14H2,1-5H3,(H,22,23)/t15-/m1/s1. The molecule has 134 valence electrons. The van der Waals surface area contributed by atoms with E-state index in [4.69, 9.17) is 9.47 Å². The van der Waals surface area contributed by atoms with Crippen LogP contribution in [0.25, 0.3) is 0 Å². The van der Waals surface area contributed by atoms with E-state index >= 15 is 0 Å². The van der Waals surface area contributed by atoms with Gasteiger partial charge in [0.05, 0.1) is 6.61 Å². The molecule has 1 N–H and O–H groups in total. The number of benzene rings is 2. The molecule has 2 rings (SSSR count). The van der Waals surface area contributed by atoms with Gasteiger partial charge < -0.3 is 14.8 Å². The van der Waals surface area contributed by atoms with E-state index in [1.165, 1.54) is 5.56 Å². The number of rotatable bonds is 6. The van der Waals surface area contributed by atoms with Crippen molar-refractivity contribution in [3.63, 3.8) is 0 Å². The third-order valence-electron chi connectivity index (χ3n) is 3.91. The molecule has 0 aliphatic rings. The summed E-state index contributed by atoms with van der Waals surface area (Å²) in [6.07, 6.45) is -0.591. The maximum atomic E-state index is 12.3. The lowest BCUT2D eigenvalue weighted by atomic mass is 9.87. The maximum Gasteiger partial charge on any atom is 0.265 e. The molecular formula is C21H27NO3. The minimum absolute atomic E-state index is 0.0920. The van der Waals surface area contributed by atoms with Crippen LogP contribution in [0.5, 0.6) is 5.75 Å². The van der Waals surface area contributed by atoms with E-state index in [0.717, 1.165) is 11.3 Å². The lowest BCUT2D eigenvalue weighted by Gasteiger charge is -2.20. The van der Waals surface area contributed by atoms with Gasteiger partial charge in [-0.2, -0.15) is 0 Å². The van der Waals surface area contributed by atoms with Gasteiger partial charge in [-0.05, 0) is 47.7 Å². The Kier molecular flexibility index (Phi) is 6.21. The number of hydrogen-bond donors (Lipinski definition) is 1. The predicted molar refractivity (Wildman–Crippen MR) is 101 cm³/mol. The summed E-state index contributed by atoms with van der Waals surface area (Å²) in [5, 5.41) is 2.88. The summed E-state index contributed by atoms with van der Waals surface area (Å²) in [6, 6.07) is 15.5. The number of anilines is 1. The van der Waals surface area contributed by atoms with Crippen molar-refractivity contribution in [2.24, 2.45) is 0 Å². The van der Waals surface area contributed by atoms with Crippen LogP contribution in [0.3, 0.4) is 0 Å². The van der Waals surface area contributed by atoms with Crippen LogP contribution in [0.15, 0.2) is 48.5 Å². The first-order valence-corrected chi connectivity index (χ1v) is 8.45. The monoisotopic (exact) mass is 341 g/mol. The molecule has 1 amide bonds. The molecule has 0 aliphatic carbocycles. The Hall–Kier alpha value is -2.33. The van der Waals surface area contributed by atoms with Crippen molar-refractivity contribution in [2.45, 2.75) is 45.8 Å². The highest BCUT2D eigenvalue weighted by atomic mass is 16.5. The third kappa shape index (κ3) is 5.61. The van der Waals surface area contributed by atoms with E-state index in [2.05, 4.69) is 26.1 Å². The molecule has 0 heterocycles. The van der Waals surface area contributed by atoms with Gasteiger partial charge in [-0.25, -0.2) is 0 Å². The molecule has 2 aromatic carbocycles. The first-order chi connectivity index (χ1) is 11.8. The summed E-state index contributed by atoms with van der Waals surface area (Å²) in [6.45, 7) is 8.74. The van der Waals surface area contributed by atoms with E-state index in [1.807, 2.05) is 48.5 Å². The summed E-state index contributed by atoms with van der Waals surface area (Å²) in [5.74, 6) is 0.498. The van der Waals surface area contributed by atoms with Gasteiger partial charge in [0.15, 0.2) is 6.10 Å². The van der Waals surface area contributed by atoms with Crippen LogP contribution in [0.2, 0.25) is 0 Å². The minimum atomic E-state index is -0.591. The average Bonchev–Trinajstić information content (AvgIpc) is 2.55. The van der Waals surface area contributed by atoms with Crippen LogP contribution in [-0.4, -0.2) is 19.1 Å². The number of carbonyl (C=O) groups excluding carboxylic acids is 1. The quantitative estimate of drug-likeness (QED) is 0.839. The van der Waals surface area contributed by atoms with E-state index in [-0.39, 0.29) is 11.3 Å². The summed E-state index contributed by atoms with van der Waals surface area (Å²) in [4.78, 5) is 12.3. The smallest absolute Gasteiger partial charge is 0.265 e. The molecule has 0 saturated carbocycles. The summed E-state index contributed by atoms with van der Waals surface area (Å²) < 4.78 is 10.9. The van der Waals surface area contributed by atoms with Crippen LogP contribution in [0.1, 0.15) is 38.8 Å². The molecule has 2 aromatic rings. The van der Waals surface area contributed by atoms with E-state index in [9.17, 15) is 4.79 Å². The lowest BCUT2D eigenvalue weighted by Crippen LogP contribution is -2.30. The van der Waals surface area contributed by atoms with Crippen molar-refractivity contribution in [3.8, 4) is 5.75 Å². The number of hydrogen-bond acceptors (Lipinski definition) is 3. The van der Waals surface area contributed by atoms with Crippen molar-refractivity contribution >= 4 is 11.6 Å². The SMILES string of the molecule is COCc1cccc(NC(=O)[C@@H](C)Oc2ccc(C(C)(C)C)cc2)c1. The van der Waals surface area contributed by atoms with Gasteiger partial charge in [0.2, 0.25) is 0 Å². The Labute approximate surface area is 150 Å². The van der Waals surface area contributed by atoms with Gasteiger partial charge >= 0.3 is 0 Å². The zero-order valence-corrected chi connectivity index (χ0v) is 15.6. The number of nitrogens with one attached hydrogen (secondary N) is 1. The molecule has 0 radical (unpaired) electrons. The van der Waals surface area contributed by atoms with Gasteiger partial charge in [-0.15, -0.1) is 0 Å². The molecule has 4 nitrogen and oxygen atoms in total. The summed E-state index contributed by atoms with van der Waals surface area (Å²) >= 11 is 0. The summed E-state index contributed by atoms with van der Waals surface area (Å²) in [7, 11) is 1.64. The first kappa shape index (κ1) is 19.0. The van der Waals surface area contributed by atoms with Crippen molar-refractivity contribution < 1.29 is 14.3 Å². The van der Waals surface area contributed by atoms with Crippen LogP contribution < -0.4 is 10.1 Å². The average molecular weight is 341 g/mol. The molecule has 25 heavy (non-hydrogen) atoms. The molecule has 0 bridgehead atoms. The number of methoxy groups -OCH3 is 1. The van der Waals surface area contributed by atoms with E-state index < -0.39 is 6.10 Å². The molecule has 0 fully saturated rings.